The molecule has 2 aromatic carbocycles. The summed E-state index contributed by atoms with van der Waals surface area (Å²) in [5, 5.41) is 20.7. The molecule has 0 aliphatic heterocycles. The molecule has 0 radical (unpaired) electrons. The van der Waals surface area contributed by atoms with E-state index in [4.69, 9.17) is 0 Å². The van der Waals surface area contributed by atoms with Crippen molar-refractivity contribution in [2.24, 2.45) is 0 Å². The zero-order chi connectivity index (χ0) is 11.2. The minimum atomic E-state index is -0.983. The Bertz CT molecular complexity index is 652. The van der Waals surface area contributed by atoms with Gasteiger partial charge < -0.3 is 0 Å². The maximum atomic E-state index is 9.27. The van der Waals surface area contributed by atoms with Crippen LogP contribution in [0.15, 0.2) is 36.4 Å². The summed E-state index contributed by atoms with van der Waals surface area (Å²) in [7, 11) is 0. The molecule has 0 bridgehead atoms. The molecule has 0 aromatic heterocycles. The van der Waals surface area contributed by atoms with Crippen molar-refractivity contribution in [3.8, 4) is 12.1 Å². The summed E-state index contributed by atoms with van der Waals surface area (Å²) in [6.45, 7) is 0. The van der Waals surface area contributed by atoms with Crippen molar-refractivity contribution in [2.75, 3.05) is 0 Å². The first-order valence-corrected chi connectivity index (χ1v) is 5.14. The zero-order valence-electron chi connectivity index (χ0n) is 8.57. The van der Waals surface area contributed by atoms with Crippen molar-refractivity contribution in [3.05, 3.63) is 47.5 Å². The number of nitriles is 2. The molecule has 0 spiro atoms. The van der Waals surface area contributed by atoms with Crippen molar-refractivity contribution in [3.63, 3.8) is 0 Å². The Morgan fingerprint density at radius 2 is 1.69 bits per heavy atom. The fourth-order valence-electron chi connectivity index (χ4n) is 2.53. The third-order valence-electron chi connectivity index (χ3n) is 3.29. The highest BCUT2D eigenvalue weighted by Crippen LogP contribution is 2.41. The van der Waals surface area contributed by atoms with E-state index < -0.39 is 5.41 Å². The summed E-state index contributed by atoms with van der Waals surface area (Å²) in [5.74, 6) is 0. The molecule has 0 heterocycles. The van der Waals surface area contributed by atoms with Crippen LogP contribution in [0.25, 0.3) is 10.8 Å². The molecule has 0 amide bonds. The fourth-order valence-corrected chi connectivity index (χ4v) is 2.53. The van der Waals surface area contributed by atoms with Gasteiger partial charge >= 0.3 is 0 Å². The average Bonchev–Trinajstić information content (AvgIpc) is 2.67. The summed E-state index contributed by atoms with van der Waals surface area (Å²) >= 11 is 0. The molecule has 0 atom stereocenters. The van der Waals surface area contributed by atoms with Crippen molar-refractivity contribution < 1.29 is 0 Å². The maximum Gasteiger partial charge on any atom is 0.173 e. The van der Waals surface area contributed by atoms with E-state index in [-0.39, 0.29) is 0 Å². The summed E-state index contributed by atoms with van der Waals surface area (Å²) in [6, 6.07) is 16.2. The molecule has 0 unspecified atom stereocenters. The summed E-state index contributed by atoms with van der Waals surface area (Å²) < 4.78 is 0. The molecule has 2 aromatic rings. The lowest BCUT2D eigenvalue weighted by atomic mass is 9.84. The highest BCUT2D eigenvalue weighted by Gasteiger charge is 2.40. The van der Waals surface area contributed by atoms with Crippen LogP contribution >= 0.6 is 0 Å². The smallest absolute Gasteiger partial charge is 0.173 e. The third-order valence-corrected chi connectivity index (χ3v) is 3.29. The number of benzene rings is 2. The van der Waals surface area contributed by atoms with Crippen LogP contribution in [0.2, 0.25) is 0 Å². The molecule has 0 fully saturated rings. The Morgan fingerprint density at radius 3 is 2.38 bits per heavy atom. The molecule has 1 aliphatic carbocycles. The lowest BCUT2D eigenvalue weighted by molar-refractivity contribution is 0.730. The van der Waals surface area contributed by atoms with E-state index in [2.05, 4.69) is 12.1 Å². The van der Waals surface area contributed by atoms with E-state index in [1.165, 1.54) is 0 Å². The van der Waals surface area contributed by atoms with Crippen LogP contribution in [-0.2, 0) is 11.8 Å². The predicted molar refractivity (Wildman–Crippen MR) is 60.6 cm³/mol. The van der Waals surface area contributed by atoms with Crippen LogP contribution in [0.3, 0.4) is 0 Å². The largest absolute Gasteiger partial charge is 0.196 e. The Morgan fingerprint density at radius 1 is 1.00 bits per heavy atom. The monoisotopic (exact) mass is 204 g/mol. The van der Waals surface area contributed by atoms with E-state index in [0.717, 1.165) is 21.9 Å². The van der Waals surface area contributed by atoms with Crippen LogP contribution in [-0.4, -0.2) is 0 Å². The van der Waals surface area contributed by atoms with Gasteiger partial charge in [-0.05, 0) is 21.9 Å². The van der Waals surface area contributed by atoms with Crippen molar-refractivity contribution in [2.45, 2.75) is 11.8 Å². The highest BCUT2D eigenvalue weighted by molar-refractivity contribution is 5.93. The molecule has 3 rings (SSSR count). The van der Waals surface area contributed by atoms with E-state index in [1.54, 1.807) is 0 Å². The minimum absolute atomic E-state index is 0.511. The van der Waals surface area contributed by atoms with Gasteiger partial charge in [-0.3, -0.25) is 0 Å². The van der Waals surface area contributed by atoms with Gasteiger partial charge in [0.25, 0.3) is 0 Å². The van der Waals surface area contributed by atoms with E-state index >= 15 is 0 Å². The number of hydrogen-bond donors (Lipinski definition) is 0. The number of nitrogens with zero attached hydrogens (tertiary/aromatic N) is 2. The highest BCUT2D eigenvalue weighted by atomic mass is 14.5. The minimum Gasteiger partial charge on any atom is -0.196 e. The standard InChI is InChI=1S/C14H8N2/c15-8-14(9-16)7-11-5-1-3-10-4-2-6-12(14)13(10)11/h1-6H,7H2. The molecular weight excluding hydrogens is 196 g/mol. The van der Waals surface area contributed by atoms with Gasteiger partial charge in [-0.2, -0.15) is 10.5 Å². The predicted octanol–water partition coefficient (Wildman–Crippen LogP) is 2.68. The molecule has 1 aliphatic rings. The molecule has 0 N–H and O–H groups in total. The Labute approximate surface area is 93.4 Å². The van der Waals surface area contributed by atoms with Crippen molar-refractivity contribution in [1.29, 1.82) is 10.5 Å². The van der Waals surface area contributed by atoms with Crippen LogP contribution in [0, 0.1) is 22.7 Å². The molecule has 2 nitrogen and oxygen atoms in total. The van der Waals surface area contributed by atoms with Gasteiger partial charge in [0.1, 0.15) is 0 Å². The molecule has 16 heavy (non-hydrogen) atoms. The van der Waals surface area contributed by atoms with Crippen molar-refractivity contribution in [1.82, 2.24) is 0 Å². The van der Waals surface area contributed by atoms with Crippen LogP contribution < -0.4 is 0 Å². The molecule has 0 saturated carbocycles. The van der Waals surface area contributed by atoms with E-state index in [1.807, 2.05) is 36.4 Å². The second-order valence-electron chi connectivity index (χ2n) is 4.13. The van der Waals surface area contributed by atoms with Crippen molar-refractivity contribution >= 4 is 10.8 Å². The Kier molecular flexibility index (Phi) is 1.59. The summed E-state index contributed by atoms with van der Waals surface area (Å²) in [6.07, 6.45) is 0.511. The van der Waals surface area contributed by atoms with Gasteiger partial charge in [-0.25, -0.2) is 0 Å². The van der Waals surface area contributed by atoms with Crippen LogP contribution in [0.4, 0.5) is 0 Å². The molecule has 74 valence electrons. The van der Waals surface area contributed by atoms with Crippen LogP contribution in [0.5, 0.6) is 0 Å². The van der Waals surface area contributed by atoms with Gasteiger partial charge in [0.05, 0.1) is 12.1 Å². The van der Waals surface area contributed by atoms with Gasteiger partial charge in [0.2, 0.25) is 0 Å². The normalized spacial score (nSPS) is 15.6. The summed E-state index contributed by atoms with van der Waals surface area (Å²) in [5.41, 5.74) is 0.991. The Balaban J connectivity index is 2.48. The molecule has 2 heteroatoms. The molecular formula is C14H8N2. The second-order valence-corrected chi connectivity index (χ2v) is 4.13. The second kappa shape index (κ2) is 2.84. The first kappa shape index (κ1) is 8.95. The maximum absolute atomic E-state index is 9.27. The lowest BCUT2D eigenvalue weighted by Crippen LogP contribution is -2.20. The van der Waals surface area contributed by atoms with Gasteiger partial charge in [-0.1, -0.05) is 36.4 Å². The molecule has 0 saturated heterocycles. The number of hydrogen-bond acceptors (Lipinski definition) is 2. The first-order chi connectivity index (χ1) is 7.80. The van der Waals surface area contributed by atoms with Gasteiger partial charge in [0.15, 0.2) is 5.41 Å². The first-order valence-electron chi connectivity index (χ1n) is 5.14. The summed E-state index contributed by atoms with van der Waals surface area (Å²) in [4.78, 5) is 0. The van der Waals surface area contributed by atoms with Gasteiger partial charge in [-0.15, -0.1) is 0 Å². The zero-order valence-corrected chi connectivity index (χ0v) is 8.57. The van der Waals surface area contributed by atoms with Gasteiger partial charge in [0, 0.05) is 6.42 Å². The third kappa shape index (κ3) is 0.890. The van der Waals surface area contributed by atoms with E-state index in [0.29, 0.717) is 6.42 Å². The quantitative estimate of drug-likeness (QED) is 0.662. The Hall–Kier alpha value is -2.32. The topological polar surface area (TPSA) is 47.6 Å². The SMILES string of the molecule is N#CC1(C#N)Cc2cccc3cccc1c23. The van der Waals surface area contributed by atoms with Crippen LogP contribution in [0.1, 0.15) is 11.1 Å². The fraction of sp³-hybridized carbons (Fsp3) is 0.143. The lowest BCUT2D eigenvalue weighted by Gasteiger charge is -2.11. The number of rotatable bonds is 0. The van der Waals surface area contributed by atoms with E-state index in [9.17, 15) is 10.5 Å². The average molecular weight is 204 g/mol.